The maximum Gasteiger partial charge on any atom is 0.323 e. The molecule has 2 N–H and O–H groups in total. The van der Waals surface area contributed by atoms with Crippen molar-refractivity contribution in [2.75, 3.05) is 20.3 Å². The monoisotopic (exact) mass is 259 g/mol. The summed E-state index contributed by atoms with van der Waals surface area (Å²) in [7, 11) is 1.66. The van der Waals surface area contributed by atoms with Gasteiger partial charge in [-0.3, -0.25) is 4.79 Å². The number of likely N-dealkylation sites (N-methyl/N-ethyl adjacent to an activating group) is 1. The molecular formula is C13H25NO4. The van der Waals surface area contributed by atoms with Crippen LogP contribution in [-0.4, -0.2) is 49.1 Å². The number of aliphatic carboxylic acids is 1. The number of hydrogen-bond acceptors (Lipinski definition) is 4. The van der Waals surface area contributed by atoms with Gasteiger partial charge in [0.15, 0.2) is 0 Å². The maximum absolute atomic E-state index is 11.2. The zero-order valence-electron chi connectivity index (χ0n) is 11.6. The molecule has 0 aromatic carbocycles. The van der Waals surface area contributed by atoms with E-state index >= 15 is 0 Å². The van der Waals surface area contributed by atoms with Gasteiger partial charge in [0, 0.05) is 13.0 Å². The van der Waals surface area contributed by atoms with Gasteiger partial charge in [0.25, 0.3) is 0 Å². The first-order valence-electron chi connectivity index (χ1n) is 6.63. The molecule has 0 aliphatic carbocycles. The van der Waals surface area contributed by atoms with Crippen LogP contribution in [0.5, 0.6) is 0 Å². The van der Waals surface area contributed by atoms with Crippen molar-refractivity contribution in [3.05, 3.63) is 0 Å². The molecule has 5 nitrogen and oxygen atoms in total. The van der Waals surface area contributed by atoms with E-state index in [4.69, 9.17) is 14.6 Å². The lowest BCUT2D eigenvalue weighted by Crippen LogP contribution is -2.49. The largest absolute Gasteiger partial charge is 0.480 e. The molecule has 3 unspecified atom stereocenters. The second kappa shape index (κ2) is 7.07. The fourth-order valence-corrected chi connectivity index (χ4v) is 2.14. The summed E-state index contributed by atoms with van der Waals surface area (Å²) in [6.45, 7) is 4.94. The van der Waals surface area contributed by atoms with E-state index in [1.165, 1.54) is 6.42 Å². The molecule has 3 atom stereocenters. The molecule has 0 aromatic heterocycles. The molecule has 0 radical (unpaired) electrons. The third kappa shape index (κ3) is 4.55. The van der Waals surface area contributed by atoms with Crippen LogP contribution in [0.1, 0.15) is 39.5 Å². The third-order valence-corrected chi connectivity index (χ3v) is 3.56. The van der Waals surface area contributed by atoms with Crippen molar-refractivity contribution in [3.8, 4) is 0 Å². The van der Waals surface area contributed by atoms with Gasteiger partial charge in [-0.1, -0.05) is 0 Å². The van der Waals surface area contributed by atoms with Crippen LogP contribution in [-0.2, 0) is 14.3 Å². The Morgan fingerprint density at radius 2 is 2.33 bits per heavy atom. The quantitative estimate of drug-likeness (QED) is 0.723. The van der Waals surface area contributed by atoms with Crippen molar-refractivity contribution < 1.29 is 19.4 Å². The van der Waals surface area contributed by atoms with Crippen molar-refractivity contribution in [2.24, 2.45) is 0 Å². The summed E-state index contributed by atoms with van der Waals surface area (Å²) < 4.78 is 11.3. The van der Waals surface area contributed by atoms with Crippen molar-refractivity contribution in [1.29, 1.82) is 0 Å². The fraction of sp³-hybridized carbons (Fsp3) is 0.923. The molecule has 1 heterocycles. The molecule has 0 spiro atoms. The lowest BCUT2D eigenvalue weighted by atomic mass is 9.95. The van der Waals surface area contributed by atoms with E-state index < -0.39 is 11.5 Å². The zero-order chi connectivity index (χ0) is 13.6. The van der Waals surface area contributed by atoms with E-state index in [0.717, 1.165) is 19.4 Å². The Bertz CT molecular complexity index is 266. The van der Waals surface area contributed by atoms with E-state index in [1.54, 1.807) is 14.0 Å². The third-order valence-electron chi connectivity index (χ3n) is 3.56. The van der Waals surface area contributed by atoms with Gasteiger partial charge in [0.05, 0.1) is 18.8 Å². The van der Waals surface area contributed by atoms with Gasteiger partial charge < -0.3 is 19.9 Å². The fourth-order valence-electron chi connectivity index (χ4n) is 2.14. The number of ether oxygens (including phenoxy) is 2. The van der Waals surface area contributed by atoms with E-state index in [2.05, 4.69) is 5.32 Å². The summed E-state index contributed by atoms with van der Waals surface area (Å²) in [4.78, 5) is 11.2. The average Bonchev–Trinajstić information content (AvgIpc) is 2.37. The molecule has 18 heavy (non-hydrogen) atoms. The summed E-state index contributed by atoms with van der Waals surface area (Å²) in [5.74, 6) is -0.852. The number of rotatable bonds is 7. The molecule has 1 fully saturated rings. The van der Waals surface area contributed by atoms with Gasteiger partial charge in [-0.05, 0) is 40.2 Å². The Morgan fingerprint density at radius 3 is 2.83 bits per heavy atom. The molecule has 0 saturated carbocycles. The van der Waals surface area contributed by atoms with Crippen molar-refractivity contribution in [2.45, 2.75) is 57.3 Å². The molecular weight excluding hydrogens is 234 g/mol. The van der Waals surface area contributed by atoms with Gasteiger partial charge in [0.1, 0.15) is 5.54 Å². The molecule has 1 aliphatic heterocycles. The number of carboxylic acids is 1. The first-order chi connectivity index (χ1) is 8.48. The molecule has 1 saturated heterocycles. The Kier molecular flexibility index (Phi) is 6.05. The minimum atomic E-state index is -0.938. The zero-order valence-corrected chi connectivity index (χ0v) is 11.6. The Hall–Kier alpha value is -0.650. The molecule has 1 rings (SSSR count). The first-order valence-corrected chi connectivity index (χ1v) is 6.63. The second-order valence-electron chi connectivity index (χ2n) is 5.22. The van der Waals surface area contributed by atoms with Crippen LogP contribution in [0.25, 0.3) is 0 Å². The summed E-state index contributed by atoms with van der Waals surface area (Å²) >= 11 is 0. The van der Waals surface area contributed by atoms with Crippen LogP contribution in [0.2, 0.25) is 0 Å². The lowest BCUT2D eigenvalue weighted by molar-refractivity contribution is -0.146. The number of hydrogen-bond donors (Lipinski definition) is 2. The topological polar surface area (TPSA) is 67.8 Å². The minimum Gasteiger partial charge on any atom is -0.480 e. The molecule has 1 aliphatic rings. The summed E-state index contributed by atoms with van der Waals surface area (Å²) in [5, 5.41) is 12.0. The van der Waals surface area contributed by atoms with Gasteiger partial charge in [-0.15, -0.1) is 0 Å². The smallest absolute Gasteiger partial charge is 0.323 e. The van der Waals surface area contributed by atoms with Gasteiger partial charge in [-0.2, -0.15) is 0 Å². The number of nitrogens with one attached hydrogen (secondary N) is 1. The van der Waals surface area contributed by atoms with Crippen LogP contribution in [0.15, 0.2) is 0 Å². The van der Waals surface area contributed by atoms with Crippen molar-refractivity contribution in [1.82, 2.24) is 5.32 Å². The van der Waals surface area contributed by atoms with E-state index in [1.807, 2.05) is 6.92 Å². The van der Waals surface area contributed by atoms with Crippen molar-refractivity contribution >= 4 is 5.97 Å². The standard InChI is InChI=1S/C13H25NO4/c1-10(8-13(2,14-3)12(15)16)18-9-11-6-4-5-7-17-11/h10-11,14H,4-9H2,1-3H3,(H,15,16). The van der Waals surface area contributed by atoms with Gasteiger partial charge in [0.2, 0.25) is 0 Å². The lowest BCUT2D eigenvalue weighted by Gasteiger charge is -2.29. The number of carbonyl (C=O) groups is 1. The Morgan fingerprint density at radius 1 is 1.61 bits per heavy atom. The van der Waals surface area contributed by atoms with E-state index in [0.29, 0.717) is 13.0 Å². The number of carboxylic acid groups (broad SMARTS) is 1. The van der Waals surface area contributed by atoms with Crippen LogP contribution in [0.3, 0.4) is 0 Å². The van der Waals surface area contributed by atoms with Crippen LogP contribution < -0.4 is 5.32 Å². The van der Waals surface area contributed by atoms with Crippen LogP contribution in [0, 0.1) is 0 Å². The highest BCUT2D eigenvalue weighted by Crippen LogP contribution is 2.17. The molecule has 5 heteroatoms. The summed E-state index contributed by atoms with van der Waals surface area (Å²) in [6, 6.07) is 0. The highest BCUT2D eigenvalue weighted by Gasteiger charge is 2.33. The predicted molar refractivity (Wildman–Crippen MR) is 68.7 cm³/mol. The van der Waals surface area contributed by atoms with E-state index in [-0.39, 0.29) is 12.2 Å². The highest BCUT2D eigenvalue weighted by atomic mass is 16.5. The summed E-state index contributed by atoms with van der Waals surface area (Å²) in [6.07, 6.45) is 3.85. The summed E-state index contributed by atoms with van der Waals surface area (Å²) in [5.41, 5.74) is -0.938. The maximum atomic E-state index is 11.2. The first kappa shape index (κ1) is 15.4. The predicted octanol–water partition coefficient (Wildman–Crippen LogP) is 1.41. The SMILES string of the molecule is CNC(C)(CC(C)OCC1CCCCO1)C(=O)O. The van der Waals surface area contributed by atoms with Crippen LogP contribution >= 0.6 is 0 Å². The Labute approximate surface area is 109 Å². The van der Waals surface area contributed by atoms with Gasteiger partial charge in [-0.25, -0.2) is 0 Å². The molecule has 0 aromatic rings. The molecule has 0 bridgehead atoms. The van der Waals surface area contributed by atoms with E-state index in [9.17, 15) is 4.79 Å². The Balaban J connectivity index is 2.31. The highest BCUT2D eigenvalue weighted by molar-refractivity contribution is 5.78. The van der Waals surface area contributed by atoms with Crippen LogP contribution in [0.4, 0.5) is 0 Å². The molecule has 106 valence electrons. The normalized spacial score (nSPS) is 25.4. The minimum absolute atomic E-state index is 0.107. The average molecular weight is 259 g/mol. The second-order valence-corrected chi connectivity index (χ2v) is 5.22. The molecule has 0 amide bonds. The van der Waals surface area contributed by atoms with Crippen molar-refractivity contribution in [3.63, 3.8) is 0 Å². The van der Waals surface area contributed by atoms with Gasteiger partial charge >= 0.3 is 5.97 Å².